The van der Waals surface area contributed by atoms with E-state index in [2.05, 4.69) is 20.8 Å². The minimum atomic E-state index is -0.0521. The summed E-state index contributed by atoms with van der Waals surface area (Å²) in [6, 6.07) is 7.73. The Morgan fingerprint density at radius 2 is 2.08 bits per heavy atom. The van der Waals surface area contributed by atoms with Crippen LogP contribution in [0.3, 0.4) is 0 Å². The number of hydrogen-bond acceptors (Lipinski definition) is 5. The zero-order valence-electron chi connectivity index (χ0n) is 13.6. The van der Waals surface area contributed by atoms with Gasteiger partial charge in [-0.3, -0.25) is 9.59 Å². The van der Waals surface area contributed by atoms with Gasteiger partial charge in [0.05, 0.1) is 6.54 Å². The number of hydrogen-bond donors (Lipinski definition) is 1. The van der Waals surface area contributed by atoms with Gasteiger partial charge < -0.3 is 10.2 Å². The largest absolute Gasteiger partial charge is 0.352 e. The fourth-order valence-corrected chi connectivity index (χ4v) is 2.67. The van der Waals surface area contributed by atoms with Gasteiger partial charge in [0.2, 0.25) is 11.8 Å². The van der Waals surface area contributed by atoms with Crippen LogP contribution >= 0.6 is 0 Å². The van der Waals surface area contributed by atoms with Crippen molar-refractivity contribution in [2.75, 3.05) is 11.4 Å². The van der Waals surface area contributed by atoms with E-state index in [9.17, 15) is 9.59 Å². The Kier molecular flexibility index (Phi) is 4.83. The molecule has 2 aromatic rings. The summed E-state index contributed by atoms with van der Waals surface area (Å²) in [6.07, 6.45) is 1.86. The Morgan fingerprint density at radius 3 is 2.71 bits per heavy atom. The number of nitrogens with one attached hydrogen (secondary N) is 1. The summed E-state index contributed by atoms with van der Waals surface area (Å²) in [5, 5.41) is 14.0. The van der Waals surface area contributed by atoms with Crippen molar-refractivity contribution < 1.29 is 9.59 Å². The molecule has 1 N–H and O–H groups in total. The highest BCUT2D eigenvalue weighted by molar-refractivity contribution is 5.95. The van der Waals surface area contributed by atoms with Gasteiger partial charge in [0.1, 0.15) is 5.82 Å². The lowest BCUT2D eigenvalue weighted by Gasteiger charge is -2.16. The molecule has 1 aliphatic rings. The van der Waals surface area contributed by atoms with Crippen molar-refractivity contribution >= 4 is 17.5 Å². The first kappa shape index (κ1) is 16.1. The van der Waals surface area contributed by atoms with Crippen molar-refractivity contribution in [1.29, 1.82) is 0 Å². The van der Waals surface area contributed by atoms with Gasteiger partial charge in [-0.1, -0.05) is 12.1 Å². The van der Waals surface area contributed by atoms with Gasteiger partial charge in [0, 0.05) is 31.6 Å². The van der Waals surface area contributed by atoms with Gasteiger partial charge in [-0.15, -0.1) is 5.10 Å². The second-order valence-electron chi connectivity index (χ2n) is 5.79. The van der Waals surface area contributed by atoms with E-state index in [1.54, 1.807) is 16.5 Å². The third kappa shape index (κ3) is 3.76. The average molecular weight is 328 g/mol. The summed E-state index contributed by atoms with van der Waals surface area (Å²) < 4.78 is 1.60. The van der Waals surface area contributed by atoms with Gasteiger partial charge >= 0.3 is 0 Å². The zero-order valence-corrected chi connectivity index (χ0v) is 13.6. The predicted octanol–water partition coefficient (Wildman–Crippen LogP) is 0.815. The molecule has 0 radical (unpaired) electrons. The standard InChI is InChI=1S/C16H20N6O2/c1-12-18-19-20-22(12)10-8-15(23)17-11-13-4-6-14(7-5-13)21-9-2-3-16(21)24/h4-7H,2-3,8-11H2,1H3,(H,17,23). The van der Waals surface area contributed by atoms with Crippen LogP contribution in [0.1, 0.15) is 30.7 Å². The molecule has 0 atom stereocenters. The van der Waals surface area contributed by atoms with E-state index in [1.807, 2.05) is 24.3 Å². The molecule has 24 heavy (non-hydrogen) atoms. The lowest BCUT2D eigenvalue weighted by atomic mass is 10.2. The molecule has 1 aromatic heterocycles. The quantitative estimate of drug-likeness (QED) is 0.847. The van der Waals surface area contributed by atoms with Crippen molar-refractivity contribution in [2.24, 2.45) is 0 Å². The van der Waals surface area contributed by atoms with Gasteiger partial charge in [-0.25, -0.2) is 4.68 Å². The normalized spacial score (nSPS) is 14.2. The highest BCUT2D eigenvalue weighted by atomic mass is 16.2. The topological polar surface area (TPSA) is 93.0 Å². The third-order valence-corrected chi connectivity index (χ3v) is 4.07. The van der Waals surface area contributed by atoms with Crippen LogP contribution in [0.4, 0.5) is 5.69 Å². The van der Waals surface area contributed by atoms with Gasteiger partial charge in [-0.05, 0) is 41.5 Å². The molecule has 2 heterocycles. The fraction of sp³-hybridized carbons (Fsp3) is 0.438. The lowest BCUT2D eigenvalue weighted by molar-refractivity contribution is -0.121. The summed E-state index contributed by atoms with van der Waals surface area (Å²) in [6.45, 7) is 3.50. The molecular formula is C16H20N6O2. The van der Waals surface area contributed by atoms with Crippen LogP contribution in [0.25, 0.3) is 0 Å². The molecule has 2 amide bonds. The van der Waals surface area contributed by atoms with Crippen molar-refractivity contribution in [3.8, 4) is 0 Å². The second kappa shape index (κ2) is 7.20. The maximum Gasteiger partial charge on any atom is 0.227 e. The first-order valence-corrected chi connectivity index (χ1v) is 8.02. The molecule has 126 valence electrons. The number of carbonyl (C=O) groups excluding carboxylic acids is 2. The van der Waals surface area contributed by atoms with Gasteiger partial charge in [0.25, 0.3) is 0 Å². The zero-order chi connectivity index (χ0) is 16.9. The molecule has 1 aliphatic heterocycles. The first-order valence-electron chi connectivity index (χ1n) is 8.02. The van der Waals surface area contributed by atoms with E-state index in [1.165, 1.54) is 0 Å². The van der Waals surface area contributed by atoms with Crippen molar-refractivity contribution in [1.82, 2.24) is 25.5 Å². The smallest absolute Gasteiger partial charge is 0.227 e. The van der Waals surface area contributed by atoms with E-state index >= 15 is 0 Å². The van der Waals surface area contributed by atoms with Gasteiger partial charge in [-0.2, -0.15) is 0 Å². The highest BCUT2D eigenvalue weighted by Crippen LogP contribution is 2.21. The minimum Gasteiger partial charge on any atom is -0.352 e. The average Bonchev–Trinajstić information content (AvgIpc) is 3.20. The van der Waals surface area contributed by atoms with E-state index in [4.69, 9.17) is 0 Å². The van der Waals surface area contributed by atoms with Gasteiger partial charge in [0.15, 0.2) is 0 Å². The lowest BCUT2D eigenvalue weighted by Crippen LogP contribution is -2.25. The molecule has 0 unspecified atom stereocenters. The molecule has 1 fully saturated rings. The maximum absolute atomic E-state index is 11.9. The monoisotopic (exact) mass is 328 g/mol. The summed E-state index contributed by atoms with van der Waals surface area (Å²) >= 11 is 0. The van der Waals surface area contributed by atoms with Crippen LogP contribution in [0.2, 0.25) is 0 Å². The molecule has 8 heteroatoms. The van der Waals surface area contributed by atoms with E-state index in [-0.39, 0.29) is 11.8 Å². The Morgan fingerprint density at radius 1 is 1.29 bits per heavy atom. The van der Waals surface area contributed by atoms with Crippen LogP contribution in [-0.2, 0) is 22.7 Å². The van der Waals surface area contributed by atoms with E-state index < -0.39 is 0 Å². The number of rotatable bonds is 6. The van der Waals surface area contributed by atoms with Crippen LogP contribution < -0.4 is 10.2 Å². The number of carbonyl (C=O) groups is 2. The Balaban J connectivity index is 1.47. The van der Waals surface area contributed by atoms with E-state index in [0.29, 0.717) is 31.8 Å². The molecule has 0 spiro atoms. The molecule has 1 saturated heterocycles. The molecular weight excluding hydrogens is 308 g/mol. The summed E-state index contributed by atoms with van der Waals surface area (Å²) in [5.41, 5.74) is 1.92. The summed E-state index contributed by atoms with van der Waals surface area (Å²) in [4.78, 5) is 25.4. The van der Waals surface area contributed by atoms with Crippen LogP contribution in [0.5, 0.6) is 0 Å². The number of benzene rings is 1. The number of tetrazole rings is 1. The third-order valence-electron chi connectivity index (χ3n) is 4.07. The number of anilines is 1. The minimum absolute atomic E-state index is 0.0521. The number of aryl methyl sites for hydroxylation is 2. The number of aromatic nitrogens is 4. The van der Waals surface area contributed by atoms with Crippen molar-refractivity contribution in [3.05, 3.63) is 35.7 Å². The number of nitrogens with zero attached hydrogens (tertiary/aromatic N) is 5. The fourth-order valence-electron chi connectivity index (χ4n) is 2.67. The summed E-state index contributed by atoms with van der Waals surface area (Å²) in [5.74, 6) is 0.812. The molecule has 1 aromatic carbocycles. The van der Waals surface area contributed by atoms with Crippen LogP contribution in [0, 0.1) is 6.92 Å². The SMILES string of the molecule is Cc1nnnn1CCC(=O)NCc1ccc(N2CCCC2=O)cc1. The van der Waals surface area contributed by atoms with Crippen LogP contribution in [-0.4, -0.2) is 38.6 Å². The first-order chi connectivity index (χ1) is 11.6. The maximum atomic E-state index is 11.9. The van der Waals surface area contributed by atoms with Crippen molar-refractivity contribution in [3.63, 3.8) is 0 Å². The highest BCUT2D eigenvalue weighted by Gasteiger charge is 2.21. The second-order valence-corrected chi connectivity index (χ2v) is 5.79. The molecule has 8 nitrogen and oxygen atoms in total. The van der Waals surface area contributed by atoms with Crippen molar-refractivity contribution in [2.45, 2.75) is 39.3 Å². The van der Waals surface area contributed by atoms with Crippen LogP contribution in [0.15, 0.2) is 24.3 Å². The predicted molar refractivity (Wildman–Crippen MR) is 87.0 cm³/mol. The molecule has 0 bridgehead atoms. The molecule has 0 saturated carbocycles. The number of amides is 2. The summed E-state index contributed by atoms with van der Waals surface area (Å²) in [7, 11) is 0. The molecule has 0 aliphatic carbocycles. The Hall–Kier alpha value is -2.77. The Bertz CT molecular complexity index is 724. The Labute approximate surface area is 139 Å². The molecule has 3 rings (SSSR count). The van der Waals surface area contributed by atoms with E-state index in [0.717, 1.165) is 24.2 Å².